The van der Waals surface area contributed by atoms with E-state index in [0.717, 1.165) is 32.3 Å². The molecule has 0 aromatic rings. The maximum atomic E-state index is 10.5. The molecule has 5 nitrogen and oxygen atoms in total. The van der Waals surface area contributed by atoms with E-state index in [9.17, 15) is 4.79 Å². The molecular formula is C31H68O5Sn2. The van der Waals surface area contributed by atoms with E-state index in [-0.39, 0.29) is 6.10 Å². The third-order valence-corrected chi connectivity index (χ3v) is 36.0. The fourth-order valence-corrected chi connectivity index (χ4v) is 40.0. The number of carboxylic acid groups (broad SMARTS) is 1. The molecule has 0 aromatic carbocycles. The van der Waals surface area contributed by atoms with E-state index in [1.54, 1.807) is 0 Å². The molecule has 0 radical (unpaired) electrons. The Morgan fingerprint density at radius 2 is 1.03 bits per heavy atom. The zero-order chi connectivity index (χ0) is 28.7. The van der Waals surface area contributed by atoms with E-state index in [1.165, 1.54) is 94.8 Å². The monoisotopic (exact) mass is 760 g/mol. The van der Waals surface area contributed by atoms with Gasteiger partial charge in [-0.25, -0.2) is 4.79 Å². The Bertz CT molecular complexity index is 434. The summed E-state index contributed by atoms with van der Waals surface area (Å²) in [4.78, 5) is 10.5. The second-order valence-corrected chi connectivity index (χ2v) is 30.6. The second kappa shape index (κ2) is 34.0. The third-order valence-electron chi connectivity index (χ3n) is 7.03. The van der Waals surface area contributed by atoms with Crippen molar-refractivity contribution in [3.63, 3.8) is 0 Å². The first-order chi connectivity index (χ1) is 18.5. The Labute approximate surface area is 253 Å². The van der Waals surface area contributed by atoms with Crippen LogP contribution in [0.4, 0.5) is 4.79 Å². The van der Waals surface area contributed by atoms with E-state index in [2.05, 4.69) is 41.5 Å². The Morgan fingerprint density at radius 3 is 1.45 bits per heavy atom. The van der Waals surface area contributed by atoms with Crippen LogP contribution in [0.3, 0.4) is 0 Å². The van der Waals surface area contributed by atoms with Crippen LogP contribution in [0.2, 0.25) is 17.7 Å². The van der Waals surface area contributed by atoms with Gasteiger partial charge in [0, 0.05) is 13.0 Å². The molecule has 0 saturated heterocycles. The first-order valence-electron chi connectivity index (χ1n) is 16.6. The first kappa shape index (κ1) is 40.9. The van der Waals surface area contributed by atoms with E-state index in [1.807, 2.05) is 0 Å². The summed E-state index contributed by atoms with van der Waals surface area (Å²) in [5.74, 6) is 0. The SMILES string of the molecule is CCCCCCCOCCC(CCCC)OC(=O)O.CCC[CH2][SnH]([CH2]CCC)[O][SnH]([CH2]CCC)[CH2]CCC. The Hall–Kier alpha value is 0.787. The van der Waals surface area contributed by atoms with Crippen LogP contribution in [-0.2, 0) is 10.9 Å². The van der Waals surface area contributed by atoms with Crippen LogP contribution in [0.15, 0.2) is 0 Å². The first-order valence-corrected chi connectivity index (χ1v) is 28.6. The molecule has 0 saturated carbocycles. The van der Waals surface area contributed by atoms with Crippen LogP contribution in [0.1, 0.15) is 151 Å². The molecule has 0 spiro atoms. The fourth-order valence-electron chi connectivity index (χ4n) is 4.52. The van der Waals surface area contributed by atoms with Gasteiger partial charge >= 0.3 is 145 Å². The zero-order valence-corrected chi connectivity index (χ0v) is 33.2. The number of carbonyl (C=O) groups is 1. The van der Waals surface area contributed by atoms with Crippen molar-refractivity contribution in [1.29, 1.82) is 0 Å². The van der Waals surface area contributed by atoms with Gasteiger partial charge < -0.3 is 14.6 Å². The summed E-state index contributed by atoms with van der Waals surface area (Å²) in [6.45, 7) is 15.0. The van der Waals surface area contributed by atoms with Gasteiger partial charge in [-0.15, -0.1) is 0 Å². The number of hydrogen-bond acceptors (Lipinski definition) is 4. The molecule has 1 atom stereocenters. The molecule has 230 valence electrons. The van der Waals surface area contributed by atoms with Gasteiger partial charge in [-0.1, -0.05) is 52.4 Å². The van der Waals surface area contributed by atoms with E-state index < -0.39 is 46.5 Å². The van der Waals surface area contributed by atoms with Gasteiger partial charge in [-0.2, -0.15) is 0 Å². The summed E-state index contributed by atoms with van der Waals surface area (Å²) in [5, 5.41) is 8.64. The molecule has 1 unspecified atom stereocenters. The predicted octanol–water partition coefficient (Wildman–Crippen LogP) is 10.3. The molecule has 0 heterocycles. The molecule has 0 amide bonds. The summed E-state index contributed by atoms with van der Waals surface area (Å²) in [6, 6.07) is 0. The quantitative estimate of drug-likeness (QED) is 0.0514. The van der Waals surface area contributed by atoms with Crippen LogP contribution in [0.25, 0.3) is 0 Å². The summed E-state index contributed by atoms with van der Waals surface area (Å²) in [6.07, 6.45) is 19.5. The van der Waals surface area contributed by atoms with Crippen molar-refractivity contribution in [3.8, 4) is 0 Å². The molecule has 0 bridgehead atoms. The van der Waals surface area contributed by atoms with Crippen molar-refractivity contribution in [2.75, 3.05) is 13.2 Å². The van der Waals surface area contributed by atoms with Crippen molar-refractivity contribution in [3.05, 3.63) is 0 Å². The van der Waals surface area contributed by atoms with Crippen LogP contribution < -0.4 is 0 Å². The summed E-state index contributed by atoms with van der Waals surface area (Å²) < 4.78 is 23.4. The summed E-state index contributed by atoms with van der Waals surface area (Å²) in [7, 11) is 0. The van der Waals surface area contributed by atoms with Crippen LogP contribution in [-0.4, -0.2) is 70.9 Å². The van der Waals surface area contributed by atoms with Crippen LogP contribution in [0, 0.1) is 0 Å². The summed E-state index contributed by atoms with van der Waals surface area (Å²) in [5.41, 5.74) is 0. The molecule has 0 fully saturated rings. The molecular weight excluding hydrogens is 690 g/mol. The van der Waals surface area contributed by atoms with Crippen molar-refractivity contribution in [1.82, 2.24) is 0 Å². The molecule has 1 N–H and O–H groups in total. The van der Waals surface area contributed by atoms with Gasteiger partial charge in [-0.3, -0.25) is 0 Å². The van der Waals surface area contributed by atoms with Crippen LogP contribution >= 0.6 is 0 Å². The molecule has 0 aliphatic carbocycles. The van der Waals surface area contributed by atoms with Gasteiger partial charge in [-0.05, 0) is 12.8 Å². The number of rotatable bonds is 27. The van der Waals surface area contributed by atoms with Gasteiger partial charge in [0.05, 0.1) is 6.61 Å². The average Bonchev–Trinajstić information content (AvgIpc) is 2.91. The minimum absolute atomic E-state index is 0.211. The van der Waals surface area contributed by atoms with Crippen molar-refractivity contribution >= 4 is 46.5 Å². The molecule has 0 aromatic heterocycles. The number of ether oxygens (including phenoxy) is 2. The van der Waals surface area contributed by atoms with Gasteiger partial charge in [0.2, 0.25) is 0 Å². The number of hydrogen-bond donors (Lipinski definition) is 1. The fraction of sp³-hybridized carbons (Fsp3) is 0.968. The molecule has 38 heavy (non-hydrogen) atoms. The van der Waals surface area contributed by atoms with E-state index in [4.69, 9.17) is 16.0 Å². The second-order valence-electron chi connectivity index (χ2n) is 10.9. The number of unbranched alkanes of at least 4 members (excludes halogenated alkanes) is 9. The topological polar surface area (TPSA) is 65.0 Å². The van der Waals surface area contributed by atoms with Crippen molar-refractivity contribution < 1.29 is 20.8 Å². The summed E-state index contributed by atoms with van der Waals surface area (Å²) >= 11 is -3.11. The zero-order valence-electron chi connectivity index (χ0n) is 26.6. The molecule has 0 rings (SSSR count). The molecule has 0 aliphatic heterocycles. The Balaban J connectivity index is 0. The Kier molecular flexibility index (Phi) is 36.6. The third kappa shape index (κ3) is 31.3. The van der Waals surface area contributed by atoms with Gasteiger partial charge in [0.1, 0.15) is 6.10 Å². The van der Waals surface area contributed by atoms with Gasteiger partial charge in [0.15, 0.2) is 0 Å². The van der Waals surface area contributed by atoms with Crippen molar-refractivity contribution in [2.45, 2.75) is 175 Å². The van der Waals surface area contributed by atoms with E-state index >= 15 is 0 Å². The van der Waals surface area contributed by atoms with E-state index in [0.29, 0.717) is 13.0 Å². The molecule has 7 heteroatoms. The van der Waals surface area contributed by atoms with Crippen LogP contribution in [0.5, 0.6) is 0 Å². The molecule has 0 aliphatic rings. The minimum atomic E-state index is -1.56. The average molecular weight is 758 g/mol. The van der Waals surface area contributed by atoms with Gasteiger partial charge in [0.25, 0.3) is 0 Å². The standard InChI is InChI=1S/C15H30O4.4C4H9.O.2Sn.2H/c1-3-5-7-8-9-12-18-13-11-14(10-6-4-2)19-15(16)17;4*1-3-4-2;;;;;/h14H,3-13H2,1-2H3,(H,16,17);4*1,3-4H2,2H3;;;;;. The normalized spacial score (nSPS) is 12.0. The van der Waals surface area contributed by atoms with Crippen molar-refractivity contribution in [2.24, 2.45) is 0 Å². The predicted molar refractivity (Wildman–Crippen MR) is 171 cm³/mol. The maximum absolute atomic E-state index is 10.5. The Morgan fingerprint density at radius 1 is 0.579 bits per heavy atom.